The van der Waals surface area contributed by atoms with Crippen molar-refractivity contribution in [3.63, 3.8) is 0 Å². The maximum Gasteiger partial charge on any atom is 3.00 e. The smallest absolute Gasteiger partial charge is 2.00 e. The summed E-state index contributed by atoms with van der Waals surface area (Å²) in [6.45, 7) is 0. The molecule has 7 heteroatoms. The fourth-order valence-corrected chi connectivity index (χ4v) is 0. The van der Waals surface area contributed by atoms with E-state index < -0.39 is 0 Å². The molecule has 0 rings (SSSR count). The minimum Gasteiger partial charge on any atom is -2.00 e. The maximum atomic E-state index is 0. The summed E-state index contributed by atoms with van der Waals surface area (Å²) in [6.07, 6.45) is 0. The number of rotatable bonds is 0. The van der Waals surface area contributed by atoms with Crippen LogP contribution >= 0.6 is 0 Å². The molecule has 3 nitrogen and oxygen atoms in total. The second kappa shape index (κ2) is 84.8. The Kier molecular flexibility index (Phi) is 1490. The van der Waals surface area contributed by atoms with Gasteiger partial charge in [-0.1, -0.05) is 0 Å². The Morgan fingerprint density at radius 3 is 0.429 bits per heavy atom. The molecule has 0 N–H and O–H groups in total. The van der Waals surface area contributed by atoms with Gasteiger partial charge in [0.05, 0.1) is 0 Å². The van der Waals surface area contributed by atoms with Gasteiger partial charge in [-0.15, -0.1) is 0 Å². The van der Waals surface area contributed by atoms with E-state index in [-0.39, 0.29) is 92.0 Å². The van der Waals surface area contributed by atoms with E-state index in [1.54, 1.807) is 0 Å². The molecule has 0 fully saturated rings. The van der Waals surface area contributed by atoms with Crippen LogP contribution in [0.5, 0.6) is 0 Å². The fraction of sp³-hybridized carbons (Fsp3) is 0. The van der Waals surface area contributed by atoms with Gasteiger partial charge < -0.3 is 16.4 Å². The first-order valence-electron chi connectivity index (χ1n) is 0. The van der Waals surface area contributed by atoms with Gasteiger partial charge in [0.1, 0.15) is 0 Å². The zero-order chi connectivity index (χ0) is 0. The van der Waals surface area contributed by atoms with Gasteiger partial charge in [-0.25, -0.2) is 0 Å². The van der Waals surface area contributed by atoms with E-state index in [2.05, 4.69) is 0 Å². The SMILES string of the molecule is [Al+3].[Al+3].[O-2].[O-2].[O-2].[Re].[Re]. The first-order chi connectivity index (χ1) is 0. The van der Waals surface area contributed by atoms with Gasteiger partial charge in [0.15, 0.2) is 0 Å². The molecule has 0 aromatic rings. The first kappa shape index (κ1) is 123. The van der Waals surface area contributed by atoms with Crippen LogP contribution in [-0.2, 0) is 57.3 Å². The van der Waals surface area contributed by atoms with E-state index in [1.165, 1.54) is 0 Å². The molecule has 7 heavy (non-hydrogen) atoms. The molecule has 0 amide bonds. The van der Waals surface area contributed by atoms with Crippen molar-refractivity contribution in [2.45, 2.75) is 0 Å². The summed E-state index contributed by atoms with van der Waals surface area (Å²) in [4.78, 5) is 0. The molecule has 0 bridgehead atoms. The summed E-state index contributed by atoms with van der Waals surface area (Å²) in [5.41, 5.74) is 0. The predicted octanol–water partition coefficient (Wildman–Crippen LogP) is -1.12. The summed E-state index contributed by atoms with van der Waals surface area (Å²) in [6, 6.07) is 0. The Labute approximate surface area is 91.1 Å². The van der Waals surface area contributed by atoms with Gasteiger partial charge in [-0.05, 0) is 0 Å². The third-order valence-corrected chi connectivity index (χ3v) is 0. The van der Waals surface area contributed by atoms with Crippen LogP contribution in [0.25, 0.3) is 0 Å². The standard InChI is InChI=1S/2Al.3O.2Re/q2*+3;3*-2;;. The van der Waals surface area contributed by atoms with Crippen molar-refractivity contribution in [3.8, 4) is 0 Å². The van der Waals surface area contributed by atoms with Crippen LogP contribution in [0.1, 0.15) is 0 Å². The van der Waals surface area contributed by atoms with E-state index in [0.29, 0.717) is 0 Å². The van der Waals surface area contributed by atoms with Crippen molar-refractivity contribution < 1.29 is 57.3 Å². The molecule has 0 aromatic heterocycles. The minimum absolute atomic E-state index is 0. The molecule has 0 atom stereocenters. The van der Waals surface area contributed by atoms with E-state index in [9.17, 15) is 0 Å². The van der Waals surface area contributed by atoms with E-state index >= 15 is 0 Å². The van der Waals surface area contributed by atoms with Gasteiger partial charge in [-0.3, -0.25) is 0 Å². The zero-order valence-electron chi connectivity index (χ0n) is 3.14. The van der Waals surface area contributed by atoms with Crippen molar-refractivity contribution in [2.75, 3.05) is 0 Å². The molecule has 0 aliphatic carbocycles. The van der Waals surface area contributed by atoms with Crippen LogP contribution in [0.15, 0.2) is 0 Å². The largest absolute Gasteiger partial charge is 3.00 e. The molecule has 0 spiro atoms. The quantitative estimate of drug-likeness (QED) is 0.399. The van der Waals surface area contributed by atoms with Gasteiger partial charge >= 0.3 is 34.7 Å². The summed E-state index contributed by atoms with van der Waals surface area (Å²) in [5, 5.41) is 0. The molecular formula is Al2O3Re2. The summed E-state index contributed by atoms with van der Waals surface area (Å²) in [7, 11) is 0. The second-order valence-electron chi connectivity index (χ2n) is 0. The molecule has 0 aromatic carbocycles. The van der Waals surface area contributed by atoms with E-state index in [4.69, 9.17) is 0 Å². The normalized spacial score (nSPS) is 0. The monoisotopic (exact) mass is 476 g/mol. The second-order valence-corrected chi connectivity index (χ2v) is 0. The number of hydrogen-bond donors (Lipinski definition) is 0. The average molecular weight is 474 g/mol. The van der Waals surface area contributed by atoms with Crippen LogP contribution in [0.3, 0.4) is 0 Å². The van der Waals surface area contributed by atoms with Crippen LogP contribution in [0.2, 0.25) is 0 Å². The molecule has 0 aliphatic rings. The molecule has 0 saturated carbocycles. The Morgan fingerprint density at radius 2 is 0.429 bits per heavy atom. The number of hydrogen-bond acceptors (Lipinski definition) is 0. The maximum absolute atomic E-state index is 0. The van der Waals surface area contributed by atoms with Crippen LogP contribution < -0.4 is 0 Å². The van der Waals surface area contributed by atoms with Crippen molar-refractivity contribution in [2.24, 2.45) is 0 Å². The zero-order valence-corrected chi connectivity index (χ0v) is 10.9. The molecule has 0 saturated heterocycles. The Hall–Kier alpha value is 2.27. The Bertz CT molecular complexity index is 10.9. The van der Waals surface area contributed by atoms with Crippen LogP contribution in [0, 0.1) is 0 Å². The van der Waals surface area contributed by atoms with Crippen molar-refractivity contribution in [3.05, 3.63) is 0 Å². The summed E-state index contributed by atoms with van der Waals surface area (Å²) >= 11 is 0. The summed E-state index contributed by atoms with van der Waals surface area (Å²) < 4.78 is 0. The molecular weight excluding hydrogens is 474 g/mol. The third kappa shape index (κ3) is 63.1. The predicted molar refractivity (Wildman–Crippen MR) is 13.6 cm³/mol. The average Bonchev–Trinajstić information content (AvgIpc) is 0. The molecule has 2 radical (unpaired) electrons. The topological polar surface area (TPSA) is 85.5 Å². The van der Waals surface area contributed by atoms with Gasteiger partial charge in [0.25, 0.3) is 0 Å². The van der Waals surface area contributed by atoms with E-state index in [0.717, 1.165) is 0 Å². The third-order valence-electron chi connectivity index (χ3n) is 0. The first-order valence-corrected chi connectivity index (χ1v) is 0. The minimum atomic E-state index is 0. The van der Waals surface area contributed by atoms with Crippen LogP contribution in [-0.4, -0.2) is 34.7 Å². The van der Waals surface area contributed by atoms with Crippen molar-refractivity contribution in [1.29, 1.82) is 0 Å². The van der Waals surface area contributed by atoms with Gasteiger partial charge in [0, 0.05) is 40.8 Å². The Balaban J connectivity index is 0. The molecule has 38 valence electrons. The van der Waals surface area contributed by atoms with Gasteiger partial charge in [0.2, 0.25) is 0 Å². The molecule has 0 aliphatic heterocycles. The van der Waals surface area contributed by atoms with E-state index in [1.807, 2.05) is 0 Å². The van der Waals surface area contributed by atoms with Crippen molar-refractivity contribution >= 4 is 34.7 Å². The molecule has 0 heterocycles. The van der Waals surface area contributed by atoms with Crippen LogP contribution in [0.4, 0.5) is 0 Å². The summed E-state index contributed by atoms with van der Waals surface area (Å²) in [5.74, 6) is 0. The molecule has 0 unspecified atom stereocenters. The Morgan fingerprint density at radius 1 is 0.429 bits per heavy atom. The fourth-order valence-electron chi connectivity index (χ4n) is 0. The van der Waals surface area contributed by atoms with Crippen molar-refractivity contribution in [1.82, 2.24) is 0 Å². The van der Waals surface area contributed by atoms with Gasteiger partial charge in [-0.2, -0.15) is 0 Å².